The van der Waals surface area contributed by atoms with Gasteiger partial charge in [0.2, 0.25) is 5.91 Å². The molecule has 27 heavy (non-hydrogen) atoms. The Kier molecular flexibility index (Phi) is 7.52. The van der Waals surface area contributed by atoms with E-state index >= 15 is 0 Å². The molecule has 2 atom stereocenters. The van der Waals surface area contributed by atoms with Crippen LogP contribution in [-0.2, 0) is 20.7 Å². The molecule has 0 aromatic heterocycles. The Morgan fingerprint density at radius 1 is 1.11 bits per heavy atom. The molecule has 2 rings (SSSR count). The van der Waals surface area contributed by atoms with Crippen LogP contribution < -0.4 is 5.32 Å². The van der Waals surface area contributed by atoms with Gasteiger partial charge in [-0.25, -0.2) is 0 Å². The van der Waals surface area contributed by atoms with Crippen molar-refractivity contribution in [3.8, 4) is 0 Å². The van der Waals surface area contributed by atoms with Gasteiger partial charge in [-0.05, 0) is 36.1 Å². The first-order valence-corrected chi connectivity index (χ1v) is 8.80. The summed E-state index contributed by atoms with van der Waals surface area (Å²) in [7, 11) is 1.45. The van der Waals surface area contributed by atoms with Crippen LogP contribution in [0.4, 0.5) is 5.69 Å². The van der Waals surface area contributed by atoms with Gasteiger partial charge in [-0.15, -0.1) is 0 Å². The molecule has 1 amide bonds. The number of rotatable bonds is 9. The molecule has 0 radical (unpaired) electrons. The Hall–Kier alpha value is -2.70. The number of benzene rings is 2. The number of aliphatic carboxylic acids is 1. The molecule has 0 heterocycles. The number of carboxylic acid groups (broad SMARTS) is 1. The summed E-state index contributed by atoms with van der Waals surface area (Å²) in [6.07, 6.45) is 0.0330. The van der Waals surface area contributed by atoms with Gasteiger partial charge in [-0.3, -0.25) is 9.59 Å². The molecule has 6 nitrogen and oxygen atoms in total. The van der Waals surface area contributed by atoms with E-state index in [9.17, 15) is 14.7 Å². The van der Waals surface area contributed by atoms with Gasteiger partial charge >= 0.3 is 5.97 Å². The first-order chi connectivity index (χ1) is 12.9. The Morgan fingerprint density at radius 3 is 2.44 bits per heavy atom. The molecular weight excluding hydrogens is 346 g/mol. The molecule has 2 aromatic carbocycles. The van der Waals surface area contributed by atoms with E-state index < -0.39 is 12.3 Å². The van der Waals surface area contributed by atoms with E-state index in [0.29, 0.717) is 24.1 Å². The highest BCUT2D eigenvalue weighted by Crippen LogP contribution is 2.19. The van der Waals surface area contributed by atoms with Crippen LogP contribution in [0.3, 0.4) is 0 Å². The number of aliphatic hydroxyl groups excluding tert-OH is 1. The SMILES string of the molecule is CO[C@H](O)c1ccc(Cc2cccc(NC(=O)[C@@H](C)CCC(=O)O)c2)cc1. The predicted molar refractivity (Wildman–Crippen MR) is 102 cm³/mol. The maximum absolute atomic E-state index is 12.2. The van der Waals surface area contributed by atoms with E-state index in [1.807, 2.05) is 48.5 Å². The monoisotopic (exact) mass is 371 g/mol. The van der Waals surface area contributed by atoms with Gasteiger partial charge < -0.3 is 20.3 Å². The lowest BCUT2D eigenvalue weighted by atomic mass is 10.0. The smallest absolute Gasteiger partial charge is 0.303 e. The fourth-order valence-corrected chi connectivity index (χ4v) is 2.67. The molecule has 0 fully saturated rings. The highest BCUT2D eigenvalue weighted by Gasteiger charge is 2.14. The zero-order valence-corrected chi connectivity index (χ0v) is 15.5. The zero-order chi connectivity index (χ0) is 19.8. The van der Waals surface area contributed by atoms with E-state index in [4.69, 9.17) is 9.84 Å². The first kappa shape index (κ1) is 20.6. The van der Waals surface area contributed by atoms with Crippen molar-refractivity contribution in [3.05, 3.63) is 65.2 Å². The third kappa shape index (κ3) is 6.51. The highest BCUT2D eigenvalue weighted by atomic mass is 16.6. The number of hydrogen-bond acceptors (Lipinski definition) is 4. The molecule has 0 unspecified atom stereocenters. The Labute approximate surface area is 158 Å². The number of carboxylic acids is 1. The largest absolute Gasteiger partial charge is 0.481 e. The molecule has 0 spiro atoms. The van der Waals surface area contributed by atoms with Crippen molar-refractivity contribution in [2.45, 2.75) is 32.5 Å². The number of nitrogens with one attached hydrogen (secondary N) is 1. The Bertz CT molecular complexity index is 772. The highest BCUT2D eigenvalue weighted by molar-refractivity contribution is 5.92. The molecule has 0 saturated carbocycles. The van der Waals surface area contributed by atoms with Crippen LogP contribution >= 0.6 is 0 Å². The average Bonchev–Trinajstić information content (AvgIpc) is 2.66. The fraction of sp³-hybridized carbons (Fsp3) is 0.333. The first-order valence-electron chi connectivity index (χ1n) is 8.80. The fourth-order valence-electron chi connectivity index (χ4n) is 2.67. The van der Waals surface area contributed by atoms with E-state index in [2.05, 4.69) is 5.32 Å². The summed E-state index contributed by atoms with van der Waals surface area (Å²) in [6, 6.07) is 15.0. The summed E-state index contributed by atoms with van der Waals surface area (Å²) in [5, 5.41) is 21.2. The van der Waals surface area contributed by atoms with Crippen molar-refractivity contribution in [1.82, 2.24) is 0 Å². The number of hydrogen-bond donors (Lipinski definition) is 3. The minimum Gasteiger partial charge on any atom is -0.481 e. The lowest BCUT2D eigenvalue weighted by molar-refractivity contribution is -0.137. The maximum Gasteiger partial charge on any atom is 0.303 e. The quantitative estimate of drug-likeness (QED) is 0.588. The van der Waals surface area contributed by atoms with Crippen LogP contribution in [0.1, 0.15) is 42.7 Å². The molecule has 0 aliphatic carbocycles. The number of methoxy groups -OCH3 is 1. The van der Waals surface area contributed by atoms with Gasteiger partial charge in [0.05, 0.1) is 0 Å². The van der Waals surface area contributed by atoms with E-state index in [0.717, 1.165) is 11.1 Å². The molecule has 6 heteroatoms. The van der Waals surface area contributed by atoms with Crippen LogP contribution in [0, 0.1) is 5.92 Å². The van der Waals surface area contributed by atoms with Gasteiger partial charge in [0.25, 0.3) is 0 Å². The van der Waals surface area contributed by atoms with Crippen LogP contribution in [0.15, 0.2) is 48.5 Å². The van der Waals surface area contributed by atoms with Crippen molar-refractivity contribution in [2.24, 2.45) is 5.92 Å². The van der Waals surface area contributed by atoms with Crippen LogP contribution in [0.5, 0.6) is 0 Å². The average molecular weight is 371 g/mol. The number of carbonyl (C=O) groups is 2. The molecule has 0 aliphatic heterocycles. The Morgan fingerprint density at radius 2 is 1.81 bits per heavy atom. The van der Waals surface area contributed by atoms with Gasteiger partial charge in [0, 0.05) is 30.7 Å². The van der Waals surface area contributed by atoms with E-state index in [-0.39, 0.29) is 18.2 Å². The minimum atomic E-state index is -0.930. The number of anilines is 1. The minimum absolute atomic E-state index is 0.0254. The van der Waals surface area contributed by atoms with Crippen molar-refractivity contribution in [2.75, 3.05) is 12.4 Å². The summed E-state index contributed by atoms with van der Waals surface area (Å²) < 4.78 is 4.88. The molecule has 0 aliphatic rings. The zero-order valence-electron chi connectivity index (χ0n) is 15.5. The summed E-state index contributed by atoms with van der Waals surface area (Å²) in [5.41, 5.74) is 3.48. The van der Waals surface area contributed by atoms with Gasteiger partial charge in [0.15, 0.2) is 6.29 Å². The predicted octanol–water partition coefficient (Wildman–Crippen LogP) is 3.35. The molecule has 0 bridgehead atoms. The number of aliphatic hydroxyl groups is 1. The van der Waals surface area contributed by atoms with Gasteiger partial charge in [-0.1, -0.05) is 43.3 Å². The van der Waals surface area contributed by atoms with Gasteiger partial charge in [-0.2, -0.15) is 0 Å². The van der Waals surface area contributed by atoms with Crippen LogP contribution in [0.2, 0.25) is 0 Å². The van der Waals surface area contributed by atoms with E-state index in [1.54, 1.807) is 6.92 Å². The second-order valence-electron chi connectivity index (χ2n) is 6.53. The van der Waals surface area contributed by atoms with Crippen molar-refractivity contribution < 1.29 is 24.5 Å². The maximum atomic E-state index is 12.2. The number of ether oxygens (including phenoxy) is 1. The molecular formula is C21H25NO5. The van der Waals surface area contributed by atoms with Crippen LogP contribution in [-0.4, -0.2) is 29.2 Å². The summed E-state index contributed by atoms with van der Waals surface area (Å²) >= 11 is 0. The number of amides is 1. The van der Waals surface area contributed by atoms with Crippen molar-refractivity contribution in [1.29, 1.82) is 0 Å². The normalized spacial score (nSPS) is 13.0. The third-order valence-electron chi connectivity index (χ3n) is 4.33. The second kappa shape index (κ2) is 9.85. The number of carbonyl (C=O) groups excluding carboxylic acids is 1. The van der Waals surface area contributed by atoms with Gasteiger partial charge in [0.1, 0.15) is 0 Å². The summed E-state index contributed by atoms with van der Waals surface area (Å²) in [4.78, 5) is 22.8. The van der Waals surface area contributed by atoms with Crippen LogP contribution in [0.25, 0.3) is 0 Å². The molecule has 2 aromatic rings. The van der Waals surface area contributed by atoms with Crippen molar-refractivity contribution >= 4 is 17.6 Å². The van der Waals surface area contributed by atoms with Crippen molar-refractivity contribution in [3.63, 3.8) is 0 Å². The summed E-state index contributed by atoms with van der Waals surface area (Å²) in [6.45, 7) is 1.72. The standard InChI is InChI=1S/C21H25NO5/c1-14(6-11-19(23)24)20(25)22-18-5-3-4-16(13-18)12-15-7-9-17(10-8-15)21(26)27-2/h3-5,7-10,13-14,21,26H,6,11-12H2,1-2H3,(H,22,25)(H,23,24)/t14-,21-/m0/s1. The molecule has 3 N–H and O–H groups in total. The third-order valence-corrected chi connectivity index (χ3v) is 4.33. The molecule has 0 saturated heterocycles. The molecule has 144 valence electrons. The van der Waals surface area contributed by atoms with E-state index in [1.165, 1.54) is 7.11 Å². The summed E-state index contributed by atoms with van der Waals surface area (Å²) in [5.74, 6) is -1.46. The topological polar surface area (TPSA) is 95.9 Å². The lowest BCUT2D eigenvalue weighted by Gasteiger charge is -2.12. The Balaban J connectivity index is 1.98. The second-order valence-corrected chi connectivity index (χ2v) is 6.53. The lowest BCUT2D eigenvalue weighted by Crippen LogP contribution is -2.21.